The highest BCUT2D eigenvalue weighted by Crippen LogP contribution is 2.44. The Labute approximate surface area is 219 Å². The van der Waals surface area contributed by atoms with E-state index in [-0.39, 0.29) is 22.8 Å². The van der Waals surface area contributed by atoms with Crippen LogP contribution in [0.5, 0.6) is 5.75 Å². The molecule has 198 valence electrons. The third kappa shape index (κ3) is 5.29. The quantitative estimate of drug-likeness (QED) is 0.538. The molecule has 4 rings (SSSR count). The molecule has 0 spiro atoms. The van der Waals surface area contributed by atoms with Gasteiger partial charge in [-0.15, -0.1) is 0 Å². The second-order valence-corrected chi connectivity index (χ2v) is 12.6. The van der Waals surface area contributed by atoms with Crippen LogP contribution < -0.4 is 15.4 Å². The molecule has 2 heterocycles. The van der Waals surface area contributed by atoms with E-state index < -0.39 is 21.1 Å². The zero-order valence-corrected chi connectivity index (χ0v) is 22.7. The van der Waals surface area contributed by atoms with Gasteiger partial charge in [-0.05, 0) is 94.5 Å². The maximum absolute atomic E-state index is 13.8. The molecule has 0 radical (unpaired) electrons. The fourth-order valence-electron chi connectivity index (χ4n) is 5.54. The first-order valence-corrected chi connectivity index (χ1v) is 13.9. The summed E-state index contributed by atoms with van der Waals surface area (Å²) in [5.41, 5.74) is 0.880. The standard InChI is InChI=1S/C28H35N3O5S/c1-6-25(32)30-24-17-27(2,3)31(28(24,4)5)37(34,35)22-12-10-20(11-13-22)26(33)29-18-19-9-14-23-21(16-19)8-7-15-36-23/h6,9-14,16,24H,1,7-8,15,17-18H2,2-5H3,(H,29,33)(H,30,32). The molecule has 1 fully saturated rings. The van der Waals surface area contributed by atoms with Gasteiger partial charge in [-0.3, -0.25) is 9.59 Å². The average Bonchev–Trinajstić information content (AvgIpc) is 3.05. The number of sulfonamides is 1. The van der Waals surface area contributed by atoms with Gasteiger partial charge in [0.2, 0.25) is 15.9 Å². The van der Waals surface area contributed by atoms with Gasteiger partial charge < -0.3 is 15.4 Å². The van der Waals surface area contributed by atoms with E-state index in [0.29, 0.717) is 18.5 Å². The van der Waals surface area contributed by atoms with Gasteiger partial charge in [0.25, 0.3) is 5.91 Å². The van der Waals surface area contributed by atoms with E-state index in [0.717, 1.165) is 36.3 Å². The zero-order chi connectivity index (χ0) is 27.0. The van der Waals surface area contributed by atoms with Gasteiger partial charge >= 0.3 is 0 Å². The number of benzene rings is 2. The first-order valence-electron chi connectivity index (χ1n) is 12.5. The Morgan fingerprint density at radius 1 is 1.14 bits per heavy atom. The summed E-state index contributed by atoms with van der Waals surface area (Å²) < 4.78 is 34.6. The van der Waals surface area contributed by atoms with Crippen molar-refractivity contribution in [3.05, 3.63) is 71.8 Å². The van der Waals surface area contributed by atoms with Gasteiger partial charge in [0.1, 0.15) is 5.75 Å². The van der Waals surface area contributed by atoms with E-state index in [2.05, 4.69) is 23.3 Å². The summed E-state index contributed by atoms with van der Waals surface area (Å²) >= 11 is 0. The number of carbonyl (C=O) groups excluding carboxylic acids is 2. The Hall–Kier alpha value is -3.17. The third-order valence-corrected chi connectivity index (χ3v) is 9.53. The van der Waals surface area contributed by atoms with E-state index in [1.807, 2.05) is 39.8 Å². The van der Waals surface area contributed by atoms with Gasteiger partial charge in [-0.25, -0.2) is 8.42 Å². The average molecular weight is 526 g/mol. The van der Waals surface area contributed by atoms with Crippen LogP contribution in [-0.2, 0) is 27.8 Å². The molecule has 0 saturated carbocycles. The van der Waals surface area contributed by atoms with Gasteiger partial charge in [-0.2, -0.15) is 4.31 Å². The van der Waals surface area contributed by atoms with Gasteiger partial charge in [0.15, 0.2) is 0 Å². The number of amides is 2. The van der Waals surface area contributed by atoms with Crippen LogP contribution in [0.4, 0.5) is 0 Å². The Morgan fingerprint density at radius 3 is 2.51 bits per heavy atom. The minimum atomic E-state index is -3.92. The number of carbonyl (C=O) groups is 2. The van der Waals surface area contributed by atoms with E-state index in [9.17, 15) is 18.0 Å². The Morgan fingerprint density at radius 2 is 1.84 bits per heavy atom. The molecule has 2 aromatic rings. The van der Waals surface area contributed by atoms with Crippen molar-refractivity contribution in [1.29, 1.82) is 0 Å². The second-order valence-electron chi connectivity index (χ2n) is 10.8. The van der Waals surface area contributed by atoms with Crippen molar-refractivity contribution in [2.45, 2.75) is 75.5 Å². The molecular weight excluding hydrogens is 490 g/mol. The molecule has 2 amide bonds. The molecule has 37 heavy (non-hydrogen) atoms. The monoisotopic (exact) mass is 525 g/mol. The predicted octanol–water partition coefficient (Wildman–Crippen LogP) is 3.56. The minimum absolute atomic E-state index is 0.0931. The molecule has 1 saturated heterocycles. The van der Waals surface area contributed by atoms with Crippen LogP contribution >= 0.6 is 0 Å². The molecule has 1 unspecified atom stereocenters. The molecule has 0 aliphatic carbocycles. The van der Waals surface area contributed by atoms with Crippen LogP contribution in [0.2, 0.25) is 0 Å². The van der Waals surface area contributed by atoms with Crippen LogP contribution in [0.25, 0.3) is 0 Å². The first-order chi connectivity index (χ1) is 17.4. The van der Waals surface area contributed by atoms with Crippen LogP contribution in [0.15, 0.2) is 60.0 Å². The number of nitrogens with zero attached hydrogens (tertiary/aromatic N) is 1. The second kappa shape index (κ2) is 9.95. The molecule has 2 aliphatic rings. The SMILES string of the molecule is C=CC(=O)NC1CC(C)(C)N(S(=O)(=O)c2ccc(C(=O)NCc3ccc4c(c3)CCCO4)cc2)C1(C)C. The van der Waals surface area contributed by atoms with Crippen LogP contribution in [0.1, 0.15) is 62.0 Å². The van der Waals surface area contributed by atoms with Crippen molar-refractivity contribution in [2.24, 2.45) is 0 Å². The highest BCUT2D eigenvalue weighted by molar-refractivity contribution is 7.89. The highest BCUT2D eigenvalue weighted by Gasteiger charge is 2.57. The lowest BCUT2D eigenvalue weighted by Gasteiger charge is -2.40. The number of ether oxygens (including phenoxy) is 1. The number of aryl methyl sites for hydroxylation is 1. The summed E-state index contributed by atoms with van der Waals surface area (Å²) in [6.45, 7) is 11.9. The van der Waals surface area contributed by atoms with Crippen LogP contribution in [0.3, 0.4) is 0 Å². The fourth-order valence-corrected chi connectivity index (χ4v) is 7.70. The smallest absolute Gasteiger partial charge is 0.251 e. The summed E-state index contributed by atoms with van der Waals surface area (Å²) in [4.78, 5) is 24.8. The molecule has 1 atom stereocenters. The molecule has 9 heteroatoms. The third-order valence-electron chi connectivity index (χ3n) is 7.21. The molecule has 0 aromatic heterocycles. The summed E-state index contributed by atoms with van der Waals surface area (Å²) in [6.07, 6.45) is 3.57. The lowest BCUT2D eigenvalue weighted by atomic mass is 9.94. The van der Waals surface area contributed by atoms with Crippen LogP contribution in [0, 0.1) is 0 Å². The van der Waals surface area contributed by atoms with Gasteiger partial charge in [0, 0.05) is 23.7 Å². The van der Waals surface area contributed by atoms with E-state index >= 15 is 0 Å². The van der Waals surface area contributed by atoms with Crippen molar-refractivity contribution in [1.82, 2.24) is 14.9 Å². The number of hydrogen-bond acceptors (Lipinski definition) is 5. The minimum Gasteiger partial charge on any atom is -0.493 e. The maximum atomic E-state index is 13.8. The molecule has 0 bridgehead atoms. The van der Waals surface area contributed by atoms with Crippen molar-refractivity contribution in [2.75, 3.05) is 6.61 Å². The van der Waals surface area contributed by atoms with Crippen molar-refractivity contribution in [3.8, 4) is 5.75 Å². The van der Waals surface area contributed by atoms with Crippen molar-refractivity contribution < 1.29 is 22.7 Å². The molecular formula is C28H35N3O5S. The molecule has 2 N–H and O–H groups in total. The maximum Gasteiger partial charge on any atom is 0.251 e. The molecule has 2 aromatic carbocycles. The highest BCUT2D eigenvalue weighted by atomic mass is 32.2. The molecule has 8 nitrogen and oxygen atoms in total. The first kappa shape index (κ1) is 26.9. The summed E-state index contributed by atoms with van der Waals surface area (Å²) in [5.74, 6) is 0.274. The summed E-state index contributed by atoms with van der Waals surface area (Å²) in [6, 6.07) is 11.5. The number of rotatable bonds is 7. The topological polar surface area (TPSA) is 105 Å². The number of nitrogens with one attached hydrogen (secondary N) is 2. The molecule has 2 aliphatic heterocycles. The lowest BCUT2D eigenvalue weighted by Crippen LogP contribution is -2.56. The Bertz CT molecular complexity index is 1320. The fraction of sp³-hybridized carbons (Fsp3) is 0.429. The predicted molar refractivity (Wildman–Crippen MR) is 142 cm³/mol. The van der Waals surface area contributed by atoms with Crippen molar-refractivity contribution >= 4 is 21.8 Å². The van der Waals surface area contributed by atoms with E-state index in [1.165, 1.54) is 34.6 Å². The Kier molecular flexibility index (Phi) is 7.23. The van der Waals surface area contributed by atoms with Gasteiger partial charge in [-0.1, -0.05) is 18.7 Å². The zero-order valence-electron chi connectivity index (χ0n) is 21.8. The van der Waals surface area contributed by atoms with Gasteiger partial charge in [0.05, 0.1) is 17.0 Å². The normalized spacial score (nSPS) is 20.4. The van der Waals surface area contributed by atoms with E-state index in [1.54, 1.807) is 0 Å². The largest absolute Gasteiger partial charge is 0.493 e. The van der Waals surface area contributed by atoms with Crippen LogP contribution in [-0.4, -0.2) is 48.3 Å². The summed E-state index contributed by atoms with van der Waals surface area (Å²) in [7, 11) is -3.92. The Balaban J connectivity index is 1.48. The summed E-state index contributed by atoms with van der Waals surface area (Å²) in [5, 5.41) is 5.78. The van der Waals surface area contributed by atoms with Crippen molar-refractivity contribution in [3.63, 3.8) is 0 Å². The van der Waals surface area contributed by atoms with E-state index in [4.69, 9.17) is 4.74 Å². The number of hydrogen-bond donors (Lipinski definition) is 2. The lowest BCUT2D eigenvalue weighted by molar-refractivity contribution is -0.117. The number of fused-ring (bicyclic) bond motifs is 1.